The van der Waals surface area contributed by atoms with Crippen LogP contribution in [0.15, 0.2) is 35.7 Å². The maximum Gasteiger partial charge on any atom is 0.264 e. The van der Waals surface area contributed by atoms with E-state index in [0.717, 1.165) is 29.9 Å². The molecule has 1 amide bonds. The minimum absolute atomic E-state index is 0.00784. The molecular formula is C22H26N2O2S. The van der Waals surface area contributed by atoms with Gasteiger partial charge in [0.2, 0.25) is 0 Å². The van der Waals surface area contributed by atoms with Gasteiger partial charge >= 0.3 is 0 Å². The number of para-hydroxylation sites is 1. The molecular weight excluding hydrogens is 356 g/mol. The van der Waals surface area contributed by atoms with Crippen LogP contribution in [0.5, 0.6) is 5.75 Å². The summed E-state index contributed by atoms with van der Waals surface area (Å²) in [5.74, 6) is 3.43. The highest BCUT2D eigenvalue weighted by Crippen LogP contribution is 2.61. The number of ether oxygens (including phenoxy) is 1. The Bertz CT molecular complexity index is 781. The second-order valence-electron chi connectivity index (χ2n) is 8.89. The molecule has 4 fully saturated rings. The van der Waals surface area contributed by atoms with Crippen LogP contribution in [0, 0.1) is 23.2 Å². The highest BCUT2D eigenvalue weighted by Gasteiger charge is 2.50. The number of amides is 1. The number of thiazole rings is 1. The van der Waals surface area contributed by atoms with Crippen LogP contribution in [-0.2, 0) is 11.2 Å². The predicted molar refractivity (Wildman–Crippen MR) is 107 cm³/mol. The average molecular weight is 383 g/mol. The lowest BCUT2D eigenvalue weighted by Gasteiger charge is -2.56. The predicted octanol–water partition coefficient (Wildman–Crippen LogP) is 4.92. The number of carbonyl (C=O) groups excluding carboxylic acids is 1. The van der Waals surface area contributed by atoms with Crippen molar-refractivity contribution in [1.82, 2.24) is 4.98 Å². The Labute approximate surface area is 164 Å². The Morgan fingerprint density at radius 1 is 1.11 bits per heavy atom. The molecule has 1 heterocycles. The second kappa shape index (κ2) is 6.93. The van der Waals surface area contributed by atoms with Crippen molar-refractivity contribution in [1.29, 1.82) is 0 Å². The van der Waals surface area contributed by atoms with Gasteiger partial charge in [-0.15, -0.1) is 11.3 Å². The van der Waals surface area contributed by atoms with E-state index < -0.39 is 0 Å². The van der Waals surface area contributed by atoms with E-state index in [2.05, 4.69) is 10.7 Å². The molecule has 0 spiro atoms. The van der Waals surface area contributed by atoms with Crippen molar-refractivity contribution >= 4 is 22.4 Å². The van der Waals surface area contributed by atoms with E-state index >= 15 is 0 Å². The van der Waals surface area contributed by atoms with Gasteiger partial charge in [-0.25, -0.2) is 4.98 Å². The number of benzene rings is 1. The van der Waals surface area contributed by atoms with Crippen molar-refractivity contribution in [2.24, 2.45) is 23.2 Å². The number of hydrogen-bond acceptors (Lipinski definition) is 4. The molecule has 4 bridgehead atoms. The van der Waals surface area contributed by atoms with Crippen molar-refractivity contribution in [3.63, 3.8) is 0 Å². The van der Waals surface area contributed by atoms with Gasteiger partial charge in [-0.05, 0) is 80.2 Å². The minimum atomic E-state index is -0.158. The van der Waals surface area contributed by atoms with E-state index in [4.69, 9.17) is 9.72 Å². The summed E-state index contributed by atoms with van der Waals surface area (Å²) in [7, 11) is 0. The average Bonchev–Trinajstić information content (AvgIpc) is 3.05. The van der Waals surface area contributed by atoms with Gasteiger partial charge < -0.3 is 4.74 Å². The van der Waals surface area contributed by atoms with Crippen LogP contribution in [0.1, 0.15) is 44.2 Å². The first-order valence-electron chi connectivity index (χ1n) is 10.1. The van der Waals surface area contributed by atoms with Gasteiger partial charge in [0.05, 0.1) is 5.69 Å². The Morgan fingerprint density at radius 3 is 2.44 bits per heavy atom. The highest BCUT2D eigenvalue weighted by molar-refractivity contribution is 7.13. The summed E-state index contributed by atoms with van der Waals surface area (Å²) in [6.07, 6.45) is 9.68. The van der Waals surface area contributed by atoms with Crippen molar-refractivity contribution in [3.8, 4) is 5.75 Å². The number of carbonyl (C=O) groups is 1. The molecule has 1 aromatic heterocycles. The lowest BCUT2D eigenvalue weighted by molar-refractivity contribution is -0.118. The monoisotopic (exact) mass is 382 g/mol. The van der Waals surface area contributed by atoms with Crippen molar-refractivity contribution in [2.75, 3.05) is 11.9 Å². The number of rotatable bonds is 6. The molecule has 2 aromatic rings. The Hall–Kier alpha value is -1.88. The summed E-state index contributed by atoms with van der Waals surface area (Å²) in [4.78, 5) is 16.8. The summed E-state index contributed by atoms with van der Waals surface area (Å²) >= 11 is 1.53. The molecule has 4 aliphatic carbocycles. The van der Waals surface area contributed by atoms with Crippen molar-refractivity contribution < 1.29 is 9.53 Å². The fourth-order valence-corrected chi connectivity index (χ4v) is 6.88. The Balaban J connectivity index is 1.17. The minimum Gasteiger partial charge on any atom is -0.484 e. The lowest BCUT2D eigenvalue weighted by Crippen LogP contribution is -2.47. The third-order valence-corrected chi connectivity index (χ3v) is 7.44. The van der Waals surface area contributed by atoms with Crippen LogP contribution in [0.4, 0.5) is 5.13 Å². The third kappa shape index (κ3) is 3.75. The van der Waals surface area contributed by atoms with Crippen LogP contribution < -0.4 is 10.1 Å². The van der Waals surface area contributed by atoms with Gasteiger partial charge in [-0.1, -0.05) is 18.2 Å². The summed E-state index contributed by atoms with van der Waals surface area (Å²) in [5, 5.41) is 5.71. The summed E-state index contributed by atoms with van der Waals surface area (Å²) in [6.45, 7) is 0.00784. The van der Waals surface area contributed by atoms with Crippen molar-refractivity contribution in [3.05, 3.63) is 41.4 Å². The van der Waals surface area contributed by atoms with Crippen LogP contribution in [-0.4, -0.2) is 17.5 Å². The fraction of sp³-hybridized carbons (Fsp3) is 0.545. The third-order valence-electron chi connectivity index (χ3n) is 6.63. The molecule has 4 aliphatic rings. The normalized spacial score (nSPS) is 31.0. The topological polar surface area (TPSA) is 51.2 Å². The van der Waals surface area contributed by atoms with Gasteiger partial charge in [-0.3, -0.25) is 10.1 Å². The maximum absolute atomic E-state index is 12.1. The van der Waals surface area contributed by atoms with Crippen LogP contribution in [0.25, 0.3) is 0 Å². The Morgan fingerprint density at radius 2 is 1.78 bits per heavy atom. The summed E-state index contributed by atoms with van der Waals surface area (Å²) in [6, 6.07) is 9.41. The standard InChI is InChI=1S/C22H26N2O2S/c25-20(13-26-19-4-2-1-3-5-19)24-21-23-18(14-27-21)12-22-9-15-6-16(10-22)8-17(7-15)11-22/h1-5,14-17H,6-13H2,(H,23,24,25). The van der Waals surface area contributed by atoms with Gasteiger partial charge in [0.15, 0.2) is 11.7 Å². The smallest absolute Gasteiger partial charge is 0.264 e. The van der Waals surface area contributed by atoms with E-state index in [0.29, 0.717) is 16.3 Å². The zero-order valence-electron chi connectivity index (χ0n) is 15.5. The quantitative estimate of drug-likeness (QED) is 0.771. The first kappa shape index (κ1) is 17.2. The van der Waals surface area contributed by atoms with E-state index in [9.17, 15) is 4.79 Å². The number of nitrogens with one attached hydrogen (secondary N) is 1. The molecule has 5 heteroatoms. The zero-order chi connectivity index (χ0) is 18.3. The molecule has 4 saturated carbocycles. The van der Waals surface area contributed by atoms with E-state index in [-0.39, 0.29) is 12.5 Å². The van der Waals surface area contributed by atoms with E-state index in [1.807, 2.05) is 30.3 Å². The molecule has 1 aromatic carbocycles. The highest BCUT2D eigenvalue weighted by atomic mass is 32.1. The van der Waals surface area contributed by atoms with Gasteiger partial charge in [0.1, 0.15) is 5.75 Å². The summed E-state index contributed by atoms with van der Waals surface area (Å²) < 4.78 is 5.50. The van der Waals surface area contributed by atoms with E-state index in [1.165, 1.54) is 49.9 Å². The summed E-state index contributed by atoms with van der Waals surface area (Å²) in [5.41, 5.74) is 1.64. The largest absolute Gasteiger partial charge is 0.484 e. The molecule has 0 aliphatic heterocycles. The first-order valence-corrected chi connectivity index (χ1v) is 11.0. The number of anilines is 1. The first-order chi connectivity index (χ1) is 13.2. The molecule has 1 N–H and O–H groups in total. The molecule has 0 saturated heterocycles. The van der Waals surface area contributed by atoms with Gasteiger partial charge in [-0.2, -0.15) is 0 Å². The van der Waals surface area contributed by atoms with Crippen LogP contribution >= 0.6 is 11.3 Å². The SMILES string of the molecule is O=C(COc1ccccc1)Nc1nc(CC23CC4CC(CC(C4)C2)C3)cs1. The van der Waals surface area contributed by atoms with Gasteiger partial charge in [0.25, 0.3) is 5.91 Å². The molecule has 0 unspecified atom stereocenters. The fourth-order valence-electron chi connectivity index (χ4n) is 6.16. The molecule has 4 nitrogen and oxygen atoms in total. The second-order valence-corrected chi connectivity index (χ2v) is 9.75. The van der Waals surface area contributed by atoms with Crippen LogP contribution in [0.2, 0.25) is 0 Å². The maximum atomic E-state index is 12.1. The van der Waals surface area contributed by atoms with E-state index in [1.54, 1.807) is 0 Å². The molecule has 142 valence electrons. The lowest BCUT2D eigenvalue weighted by atomic mass is 9.48. The Kier molecular flexibility index (Phi) is 4.43. The van der Waals surface area contributed by atoms with Crippen molar-refractivity contribution in [2.45, 2.75) is 44.9 Å². The number of hydrogen-bond donors (Lipinski definition) is 1. The molecule has 0 atom stereocenters. The zero-order valence-corrected chi connectivity index (χ0v) is 16.3. The van der Waals surface area contributed by atoms with Crippen LogP contribution in [0.3, 0.4) is 0 Å². The molecule has 6 rings (SSSR count). The number of nitrogens with zero attached hydrogens (tertiary/aromatic N) is 1. The molecule has 27 heavy (non-hydrogen) atoms. The number of aromatic nitrogens is 1. The van der Waals surface area contributed by atoms with Gasteiger partial charge in [0, 0.05) is 5.38 Å². The molecule has 0 radical (unpaired) electrons.